The number of nitrogens with one attached hydrogen (secondary N) is 2. The smallest absolute Gasteiger partial charge is 0.319 e. The fourth-order valence-electron chi connectivity index (χ4n) is 1.53. The first kappa shape index (κ1) is 16.5. The van der Waals surface area contributed by atoms with Crippen molar-refractivity contribution >= 4 is 23.6 Å². The number of aliphatic carboxylic acids is 1. The van der Waals surface area contributed by atoms with Gasteiger partial charge in [0.1, 0.15) is 6.04 Å². The van der Waals surface area contributed by atoms with Gasteiger partial charge in [0, 0.05) is 5.69 Å². The van der Waals surface area contributed by atoms with E-state index in [9.17, 15) is 14.4 Å². The lowest BCUT2D eigenvalue weighted by Crippen LogP contribution is -2.44. The van der Waals surface area contributed by atoms with Gasteiger partial charge >= 0.3 is 12.0 Å². The van der Waals surface area contributed by atoms with Gasteiger partial charge in [0.25, 0.3) is 0 Å². The van der Waals surface area contributed by atoms with Gasteiger partial charge in [-0.25, -0.2) is 4.79 Å². The average Bonchev–Trinajstić information content (AvgIpc) is 2.38. The van der Waals surface area contributed by atoms with E-state index in [1.54, 1.807) is 38.1 Å². The largest absolute Gasteiger partial charge is 0.481 e. The summed E-state index contributed by atoms with van der Waals surface area (Å²) in [6.07, 6.45) is 0. The summed E-state index contributed by atoms with van der Waals surface area (Å²) in [6.45, 7) is 4.67. The number of benzene rings is 1. The Morgan fingerprint density at radius 1 is 1.19 bits per heavy atom. The molecular formula is C14H19N3O4. The zero-order valence-electron chi connectivity index (χ0n) is 12.1. The third-order valence-electron chi connectivity index (χ3n) is 3.17. The molecule has 1 atom stereocenters. The lowest BCUT2D eigenvalue weighted by Gasteiger charge is -2.20. The minimum atomic E-state index is -1.01. The van der Waals surface area contributed by atoms with Crippen LogP contribution in [0.3, 0.4) is 0 Å². The van der Waals surface area contributed by atoms with E-state index in [1.165, 1.54) is 6.92 Å². The van der Waals surface area contributed by atoms with Crippen molar-refractivity contribution in [1.29, 1.82) is 0 Å². The molecule has 7 heteroatoms. The van der Waals surface area contributed by atoms with Gasteiger partial charge in [-0.3, -0.25) is 9.59 Å². The predicted molar refractivity (Wildman–Crippen MR) is 77.9 cm³/mol. The number of carboxylic acids is 1. The van der Waals surface area contributed by atoms with Crippen molar-refractivity contribution in [1.82, 2.24) is 5.32 Å². The van der Waals surface area contributed by atoms with Crippen molar-refractivity contribution in [3.63, 3.8) is 0 Å². The zero-order valence-corrected chi connectivity index (χ0v) is 12.1. The van der Waals surface area contributed by atoms with Crippen LogP contribution in [0.2, 0.25) is 0 Å². The number of carbonyl (C=O) groups is 3. The number of nitrogens with two attached hydrogens (primary N) is 1. The van der Waals surface area contributed by atoms with E-state index in [2.05, 4.69) is 10.6 Å². The van der Waals surface area contributed by atoms with Crippen molar-refractivity contribution in [2.75, 3.05) is 5.32 Å². The van der Waals surface area contributed by atoms with Crippen LogP contribution < -0.4 is 16.4 Å². The molecule has 21 heavy (non-hydrogen) atoms. The summed E-state index contributed by atoms with van der Waals surface area (Å²) in [6, 6.07) is 5.09. The summed E-state index contributed by atoms with van der Waals surface area (Å²) >= 11 is 0. The Balaban J connectivity index is 2.74. The average molecular weight is 293 g/mol. The van der Waals surface area contributed by atoms with Crippen LogP contribution in [0.15, 0.2) is 24.3 Å². The Morgan fingerprint density at radius 2 is 1.71 bits per heavy atom. The first-order valence-electron chi connectivity index (χ1n) is 6.35. The van der Waals surface area contributed by atoms with Crippen LogP contribution in [0.25, 0.3) is 0 Å². The fourth-order valence-corrected chi connectivity index (χ4v) is 1.53. The topological polar surface area (TPSA) is 122 Å². The molecule has 0 aromatic heterocycles. The van der Waals surface area contributed by atoms with Crippen molar-refractivity contribution in [3.05, 3.63) is 29.8 Å². The van der Waals surface area contributed by atoms with Crippen LogP contribution in [0.1, 0.15) is 26.3 Å². The van der Waals surface area contributed by atoms with Crippen molar-refractivity contribution in [3.8, 4) is 0 Å². The molecule has 1 aromatic rings. The molecule has 1 unspecified atom stereocenters. The van der Waals surface area contributed by atoms with Crippen LogP contribution in [-0.4, -0.2) is 29.1 Å². The van der Waals surface area contributed by atoms with Crippen LogP contribution in [0.5, 0.6) is 0 Å². The Labute approximate surface area is 122 Å². The minimum absolute atomic E-state index is 0.481. The van der Waals surface area contributed by atoms with Crippen molar-refractivity contribution in [2.45, 2.75) is 32.2 Å². The molecule has 0 saturated heterocycles. The highest BCUT2D eigenvalue weighted by molar-refractivity contribution is 5.93. The molecule has 114 valence electrons. The highest BCUT2D eigenvalue weighted by Gasteiger charge is 2.29. The molecule has 7 nitrogen and oxygen atoms in total. The lowest BCUT2D eigenvalue weighted by atomic mass is 9.85. The lowest BCUT2D eigenvalue weighted by molar-refractivity contribution is -0.142. The molecule has 0 bridgehead atoms. The Kier molecular flexibility index (Phi) is 4.91. The van der Waals surface area contributed by atoms with E-state index < -0.39 is 29.4 Å². The standard InChI is InChI=1S/C14H19N3O4/c1-8(11(15)18)16-13(21)17-10-6-4-9(5-7-10)14(2,3)12(19)20/h4-8H,1-3H3,(H2,15,18)(H,19,20)(H2,16,17,21). The molecule has 3 amide bonds. The number of hydrogen-bond acceptors (Lipinski definition) is 3. The second-order valence-electron chi connectivity index (χ2n) is 5.23. The van der Waals surface area contributed by atoms with E-state index in [1.807, 2.05) is 0 Å². The molecule has 1 rings (SSSR count). The molecule has 0 heterocycles. The number of hydrogen-bond donors (Lipinski definition) is 4. The number of urea groups is 1. The molecule has 1 aromatic carbocycles. The molecule has 0 radical (unpaired) electrons. The fraction of sp³-hybridized carbons (Fsp3) is 0.357. The van der Waals surface area contributed by atoms with Gasteiger partial charge in [-0.1, -0.05) is 12.1 Å². The van der Waals surface area contributed by atoms with Crippen LogP contribution in [0.4, 0.5) is 10.5 Å². The summed E-state index contributed by atoms with van der Waals surface area (Å²) < 4.78 is 0. The SMILES string of the molecule is CC(NC(=O)Nc1ccc(C(C)(C)C(=O)O)cc1)C(N)=O. The molecule has 0 aliphatic carbocycles. The molecule has 0 saturated carbocycles. The van der Waals surface area contributed by atoms with Gasteiger partial charge in [-0.15, -0.1) is 0 Å². The quantitative estimate of drug-likeness (QED) is 0.648. The summed E-state index contributed by atoms with van der Waals surface area (Å²) in [7, 11) is 0. The molecule has 0 aliphatic heterocycles. The number of carbonyl (C=O) groups excluding carboxylic acids is 2. The second-order valence-corrected chi connectivity index (χ2v) is 5.23. The first-order chi connectivity index (χ1) is 9.64. The van der Waals surface area contributed by atoms with Gasteiger partial charge in [-0.2, -0.15) is 0 Å². The Morgan fingerprint density at radius 3 is 2.14 bits per heavy atom. The van der Waals surface area contributed by atoms with E-state index in [-0.39, 0.29) is 0 Å². The van der Waals surface area contributed by atoms with E-state index >= 15 is 0 Å². The van der Waals surface area contributed by atoms with E-state index in [4.69, 9.17) is 10.8 Å². The highest BCUT2D eigenvalue weighted by Crippen LogP contribution is 2.24. The van der Waals surface area contributed by atoms with E-state index in [0.717, 1.165) is 0 Å². The molecule has 0 spiro atoms. The zero-order chi connectivity index (χ0) is 16.2. The van der Waals surface area contributed by atoms with Crippen LogP contribution >= 0.6 is 0 Å². The van der Waals surface area contributed by atoms with Crippen LogP contribution in [0, 0.1) is 0 Å². The molecule has 0 fully saturated rings. The maximum atomic E-state index is 11.6. The third-order valence-corrected chi connectivity index (χ3v) is 3.17. The highest BCUT2D eigenvalue weighted by atomic mass is 16.4. The number of carboxylic acid groups (broad SMARTS) is 1. The summed E-state index contributed by atoms with van der Waals surface area (Å²) in [5, 5.41) is 14.0. The Hall–Kier alpha value is -2.57. The maximum absolute atomic E-state index is 11.6. The van der Waals surface area contributed by atoms with E-state index in [0.29, 0.717) is 11.3 Å². The van der Waals surface area contributed by atoms with Gasteiger partial charge in [0.2, 0.25) is 5.91 Å². The third kappa shape index (κ3) is 4.20. The summed E-state index contributed by atoms with van der Waals surface area (Å²) in [4.78, 5) is 33.6. The van der Waals surface area contributed by atoms with Crippen molar-refractivity contribution < 1.29 is 19.5 Å². The van der Waals surface area contributed by atoms with Crippen molar-refractivity contribution in [2.24, 2.45) is 5.73 Å². The maximum Gasteiger partial charge on any atom is 0.319 e. The van der Waals surface area contributed by atoms with Gasteiger partial charge < -0.3 is 21.5 Å². The number of amides is 3. The molecule has 0 aliphatic rings. The normalized spacial score (nSPS) is 12.3. The first-order valence-corrected chi connectivity index (χ1v) is 6.35. The van der Waals surface area contributed by atoms with Gasteiger partial charge in [-0.05, 0) is 38.5 Å². The summed E-state index contributed by atoms with van der Waals surface area (Å²) in [5.41, 5.74) is 5.12. The second kappa shape index (κ2) is 6.25. The van der Waals surface area contributed by atoms with Gasteiger partial charge in [0.05, 0.1) is 5.41 Å². The molecule has 5 N–H and O–H groups in total. The minimum Gasteiger partial charge on any atom is -0.481 e. The van der Waals surface area contributed by atoms with Gasteiger partial charge in [0.15, 0.2) is 0 Å². The predicted octanol–water partition coefficient (Wildman–Crippen LogP) is 1.04. The summed E-state index contributed by atoms with van der Waals surface area (Å²) in [5.74, 6) is -1.57. The Bertz CT molecular complexity index is 552. The number of rotatable bonds is 5. The molecular weight excluding hydrogens is 274 g/mol. The van der Waals surface area contributed by atoms with Crippen LogP contribution in [-0.2, 0) is 15.0 Å². The number of anilines is 1. The monoisotopic (exact) mass is 293 g/mol. The number of primary amides is 1.